The van der Waals surface area contributed by atoms with Crippen LogP contribution in [-0.2, 0) is 6.54 Å². The van der Waals surface area contributed by atoms with Crippen LogP contribution in [0.2, 0.25) is 10.0 Å². The van der Waals surface area contributed by atoms with Gasteiger partial charge in [0.25, 0.3) is 11.5 Å². The van der Waals surface area contributed by atoms with E-state index in [1.165, 1.54) is 34.2 Å². The van der Waals surface area contributed by atoms with Gasteiger partial charge >= 0.3 is 0 Å². The second-order valence-electron chi connectivity index (χ2n) is 4.98. The van der Waals surface area contributed by atoms with E-state index in [-0.39, 0.29) is 24.6 Å². The molecule has 0 saturated carbocycles. The number of nitrogens with zero attached hydrogens (tertiary/aromatic N) is 5. The second-order valence-corrected chi connectivity index (χ2v) is 5.79. The van der Waals surface area contributed by atoms with E-state index in [9.17, 15) is 9.59 Å². The predicted octanol–water partition coefficient (Wildman–Crippen LogP) is 1.56. The molecule has 0 aliphatic carbocycles. The van der Waals surface area contributed by atoms with Crippen LogP contribution in [0.1, 0.15) is 10.4 Å². The number of carbonyl (C=O) groups excluding carboxylic acids is 1. The molecule has 1 N–H and O–H groups in total. The van der Waals surface area contributed by atoms with Crippen molar-refractivity contribution in [2.24, 2.45) is 0 Å². The van der Waals surface area contributed by atoms with Crippen molar-refractivity contribution in [1.82, 2.24) is 29.9 Å². The Morgan fingerprint density at radius 2 is 2.00 bits per heavy atom. The number of carbonyl (C=O) groups is 1. The Balaban J connectivity index is 1.65. The highest BCUT2D eigenvalue weighted by Gasteiger charge is 2.08. The monoisotopic (exact) mass is 378 g/mol. The molecule has 0 radical (unpaired) electrons. The number of aromatic nitrogens is 5. The molecule has 2 heterocycles. The van der Waals surface area contributed by atoms with Crippen LogP contribution in [-0.4, -0.2) is 37.0 Å². The minimum Gasteiger partial charge on any atom is -0.350 e. The number of benzene rings is 1. The SMILES string of the molecule is O=C(NCCn1nc(-n2cncn2)ccc1=O)c1ccc(Cl)c(Cl)c1. The van der Waals surface area contributed by atoms with E-state index in [4.69, 9.17) is 23.2 Å². The molecule has 0 atom stereocenters. The highest BCUT2D eigenvalue weighted by molar-refractivity contribution is 6.42. The molecule has 1 amide bonds. The highest BCUT2D eigenvalue weighted by Crippen LogP contribution is 2.22. The van der Waals surface area contributed by atoms with Crippen LogP contribution in [0.3, 0.4) is 0 Å². The molecular formula is C15H12Cl2N6O2. The fourth-order valence-electron chi connectivity index (χ4n) is 2.06. The Hall–Kier alpha value is -2.71. The first-order valence-corrected chi connectivity index (χ1v) is 7.96. The molecule has 0 fully saturated rings. The largest absolute Gasteiger partial charge is 0.350 e. The average Bonchev–Trinajstić information content (AvgIpc) is 3.13. The fraction of sp³-hybridized carbons (Fsp3) is 0.133. The molecule has 0 saturated heterocycles. The van der Waals surface area contributed by atoms with Crippen molar-refractivity contribution in [3.8, 4) is 5.82 Å². The molecule has 1 aromatic carbocycles. The van der Waals surface area contributed by atoms with Crippen molar-refractivity contribution in [3.05, 3.63) is 68.9 Å². The molecule has 128 valence electrons. The summed E-state index contributed by atoms with van der Waals surface area (Å²) in [6, 6.07) is 7.52. The van der Waals surface area contributed by atoms with Crippen LogP contribution in [0.15, 0.2) is 47.8 Å². The van der Waals surface area contributed by atoms with Gasteiger partial charge in [0.1, 0.15) is 12.7 Å². The van der Waals surface area contributed by atoms with Crippen LogP contribution < -0.4 is 10.9 Å². The molecule has 25 heavy (non-hydrogen) atoms. The summed E-state index contributed by atoms with van der Waals surface area (Å²) in [5.74, 6) is 0.131. The van der Waals surface area contributed by atoms with E-state index in [0.717, 1.165) is 0 Å². The zero-order valence-electron chi connectivity index (χ0n) is 12.8. The number of nitrogens with one attached hydrogen (secondary N) is 1. The molecular weight excluding hydrogens is 367 g/mol. The molecule has 3 aromatic rings. The minimum atomic E-state index is -0.320. The lowest BCUT2D eigenvalue weighted by atomic mass is 10.2. The zero-order valence-corrected chi connectivity index (χ0v) is 14.3. The Kier molecular flexibility index (Phi) is 5.11. The molecule has 0 unspecified atom stereocenters. The summed E-state index contributed by atoms with van der Waals surface area (Å²) < 4.78 is 2.68. The summed E-state index contributed by atoms with van der Waals surface area (Å²) in [5.41, 5.74) is 0.0960. The van der Waals surface area contributed by atoms with E-state index >= 15 is 0 Å². The van der Waals surface area contributed by atoms with E-state index < -0.39 is 0 Å². The van der Waals surface area contributed by atoms with Crippen molar-refractivity contribution >= 4 is 29.1 Å². The highest BCUT2D eigenvalue weighted by atomic mass is 35.5. The van der Waals surface area contributed by atoms with Gasteiger partial charge in [-0.25, -0.2) is 14.3 Å². The summed E-state index contributed by atoms with van der Waals surface area (Å²) in [6.45, 7) is 0.418. The maximum absolute atomic E-state index is 12.1. The van der Waals surface area contributed by atoms with Gasteiger partial charge in [-0.15, -0.1) is 5.10 Å². The van der Waals surface area contributed by atoms with Crippen LogP contribution in [0.25, 0.3) is 5.82 Å². The summed E-state index contributed by atoms with van der Waals surface area (Å²) in [6.07, 6.45) is 2.85. The van der Waals surface area contributed by atoms with Crippen molar-refractivity contribution in [2.75, 3.05) is 6.54 Å². The summed E-state index contributed by atoms with van der Waals surface area (Å²) in [5, 5.41) is 11.5. The van der Waals surface area contributed by atoms with Gasteiger partial charge in [-0.05, 0) is 24.3 Å². The molecule has 0 aliphatic rings. The maximum Gasteiger partial charge on any atom is 0.266 e. The molecule has 10 heteroatoms. The van der Waals surface area contributed by atoms with E-state index in [0.29, 0.717) is 21.4 Å². The Morgan fingerprint density at radius 3 is 2.72 bits per heavy atom. The molecule has 8 nitrogen and oxygen atoms in total. The van der Waals surface area contributed by atoms with E-state index in [1.807, 2.05) is 0 Å². The molecule has 2 aromatic heterocycles. The summed E-state index contributed by atoms with van der Waals surface area (Å²) >= 11 is 11.7. The number of rotatable bonds is 5. The van der Waals surface area contributed by atoms with E-state index in [2.05, 4.69) is 20.5 Å². The number of amides is 1. The maximum atomic E-state index is 12.1. The van der Waals surface area contributed by atoms with Crippen LogP contribution >= 0.6 is 23.2 Å². The fourth-order valence-corrected chi connectivity index (χ4v) is 2.36. The number of hydrogen-bond donors (Lipinski definition) is 1. The van der Waals surface area contributed by atoms with Crippen LogP contribution in [0.4, 0.5) is 0 Å². The zero-order chi connectivity index (χ0) is 17.8. The Labute approximate surface area is 152 Å². The summed E-state index contributed by atoms with van der Waals surface area (Å²) in [4.78, 5) is 27.8. The first kappa shape index (κ1) is 17.1. The van der Waals surface area contributed by atoms with Crippen molar-refractivity contribution < 1.29 is 4.79 Å². The third-order valence-corrected chi connectivity index (χ3v) is 4.04. The van der Waals surface area contributed by atoms with Crippen molar-refractivity contribution in [1.29, 1.82) is 0 Å². The standard InChI is InChI=1S/C15H12Cl2N6O2/c16-11-2-1-10(7-12(11)17)15(25)19-5-6-22-14(24)4-3-13(21-22)23-9-18-8-20-23/h1-4,7-9H,5-6H2,(H,19,25). The van der Waals surface area contributed by atoms with Gasteiger partial charge < -0.3 is 5.32 Å². The van der Waals surface area contributed by atoms with Gasteiger partial charge in [0.05, 0.1) is 16.6 Å². The lowest BCUT2D eigenvalue weighted by Crippen LogP contribution is -2.32. The second kappa shape index (κ2) is 7.45. The third-order valence-electron chi connectivity index (χ3n) is 3.30. The van der Waals surface area contributed by atoms with Gasteiger partial charge in [-0.2, -0.15) is 5.10 Å². The van der Waals surface area contributed by atoms with Crippen molar-refractivity contribution in [2.45, 2.75) is 6.54 Å². The Bertz CT molecular complexity index is 955. The lowest BCUT2D eigenvalue weighted by molar-refractivity contribution is 0.0951. The number of hydrogen-bond acceptors (Lipinski definition) is 5. The first-order valence-electron chi connectivity index (χ1n) is 7.21. The van der Waals surface area contributed by atoms with Gasteiger partial charge in [-0.1, -0.05) is 23.2 Å². The smallest absolute Gasteiger partial charge is 0.266 e. The van der Waals surface area contributed by atoms with Gasteiger partial charge in [0, 0.05) is 18.2 Å². The van der Waals surface area contributed by atoms with Gasteiger partial charge in [0.15, 0.2) is 5.82 Å². The molecule has 3 rings (SSSR count). The predicted molar refractivity (Wildman–Crippen MR) is 92.2 cm³/mol. The first-order chi connectivity index (χ1) is 12.0. The van der Waals surface area contributed by atoms with Gasteiger partial charge in [0.2, 0.25) is 0 Å². The van der Waals surface area contributed by atoms with Crippen molar-refractivity contribution in [3.63, 3.8) is 0 Å². The third kappa shape index (κ3) is 4.04. The van der Waals surface area contributed by atoms with E-state index in [1.54, 1.807) is 18.2 Å². The quantitative estimate of drug-likeness (QED) is 0.726. The average molecular weight is 379 g/mol. The molecule has 0 bridgehead atoms. The minimum absolute atomic E-state index is 0.203. The Morgan fingerprint density at radius 1 is 1.16 bits per heavy atom. The topological polar surface area (TPSA) is 94.7 Å². The molecule has 0 spiro atoms. The van der Waals surface area contributed by atoms with Crippen LogP contribution in [0, 0.1) is 0 Å². The normalized spacial score (nSPS) is 10.6. The summed E-state index contributed by atoms with van der Waals surface area (Å²) in [7, 11) is 0. The number of halogens is 2. The lowest BCUT2D eigenvalue weighted by Gasteiger charge is -2.08. The van der Waals surface area contributed by atoms with Crippen LogP contribution in [0.5, 0.6) is 0 Å². The van der Waals surface area contributed by atoms with Gasteiger partial charge in [-0.3, -0.25) is 9.59 Å². The molecule has 0 aliphatic heterocycles.